The molecule has 4 nitrogen and oxygen atoms in total. The molecule has 1 N–H and O–H groups in total. The average molecular weight is 248 g/mol. The fourth-order valence-electron chi connectivity index (χ4n) is 2.02. The van der Waals surface area contributed by atoms with Crippen molar-refractivity contribution >= 4 is 0 Å². The van der Waals surface area contributed by atoms with E-state index < -0.39 is 0 Å². The first-order valence-electron chi connectivity index (χ1n) is 6.12. The van der Waals surface area contributed by atoms with Gasteiger partial charge in [0.1, 0.15) is 17.3 Å². The maximum atomic E-state index is 5.74. The van der Waals surface area contributed by atoms with Gasteiger partial charge in [-0.15, -0.1) is 0 Å². The standard InChI is InChI=1S/C14H20N2O2/c1-11-12(8-15-2)7-14(18-11)10-16(3)9-13-5-4-6-17-13/h4-7,15H,8-10H2,1-3H3. The molecule has 0 saturated heterocycles. The molecule has 2 aromatic rings. The summed E-state index contributed by atoms with van der Waals surface area (Å²) in [6.07, 6.45) is 1.70. The Balaban J connectivity index is 1.94. The Hall–Kier alpha value is -1.52. The van der Waals surface area contributed by atoms with Crippen LogP contribution in [0.15, 0.2) is 33.3 Å². The van der Waals surface area contributed by atoms with E-state index in [1.54, 1.807) is 6.26 Å². The van der Waals surface area contributed by atoms with Gasteiger partial charge in [-0.25, -0.2) is 0 Å². The van der Waals surface area contributed by atoms with Gasteiger partial charge in [0.15, 0.2) is 0 Å². The highest BCUT2D eigenvalue weighted by Gasteiger charge is 2.10. The van der Waals surface area contributed by atoms with E-state index in [0.717, 1.165) is 36.9 Å². The van der Waals surface area contributed by atoms with Crippen LogP contribution >= 0.6 is 0 Å². The zero-order valence-electron chi connectivity index (χ0n) is 11.2. The molecule has 18 heavy (non-hydrogen) atoms. The molecule has 2 heterocycles. The predicted molar refractivity (Wildman–Crippen MR) is 70.1 cm³/mol. The third-order valence-electron chi connectivity index (χ3n) is 2.87. The molecule has 2 aromatic heterocycles. The quantitative estimate of drug-likeness (QED) is 0.853. The largest absolute Gasteiger partial charge is 0.468 e. The fourth-order valence-corrected chi connectivity index (χ4v) is 2.02. The molecule has 0 fully saturated rings. The van der Waals surface area contributed by atoms with E-state index in [4.69, 9.17) is 8.83 Å². The summed E-state index contributed by atoms with van der Waals surface area (Å²) in [6.45, 7) is 4.42. The SMILES string of the molecule is CNCc1cc(CN(C)Cc2ccco2)oc1C. The van der Waals surface area contributed by atoms with Gasteiger partial charge in [0, 0.05) is 12.1 Å². The third-order valence-corrected chi connectivity index (χ3v) is 2.87. The van der Waals surface area contributed by atoms with E-state index >= 15 is 0 Å². The smallest absolute Gasteiger partial charge is 0.118 e. The summed E-state index contributed by atoms with van der Waals surface area (Å²) in [5, 5.41) is 3.14. The second-order valence-corrected chi connectivity index (χ2v) is 4.58. The van der Waals surface area contributed by atoms with Gasteiger partial charge in [-0.3, -0.25) is 4.90 Å². The van der Waals surface area contributed by atoms with Crippen LogP contribution in [0.5, 0.6) is 0 Å². The van der Waals surface area contributed by atoms with Crippen LogP contribution in [0.25, 0.3) is 0 Å². The van der Waals surface area contributed by atoms with Crippen LogP contribution in [-0.4, -0.2) is 19.0 Å². The topological polar surface area (TPSA) is 41.5 Å². The number of nitrogens with zero attached hydrogens (tertiary/aromatic N) is 1. The van der Waals surface area contributed by atoms with E-state index in [9.17, 15) is 0 Å². The molecule has 2 rings (SSSR count). The lowest BCUT2D eigenvalue weighted by Crippen LogP contribution is -2.16. The summed E-state index contributed by atoms with van der Waals surface area (Å²) in [6, 6.07) is 6.01. The lowest BCUT2D eigenvalue weighted by atomic mass is 10.2. The highest BCUT2D eigenvalue weighted by Crippen LogP contribution is 2.16. The van der Waals surface area contributed by atoms with Crippen LogP contribution in [0.2, 0.25) is 0 Å². The van der Waals surface area contributed by atoms with Gasteiger partial charge in [0.05, 0.1) is 19.4 Å². The van der Waals surface area contributed by atoms with Crippen LogP contribution < -0.4 is 5.32 Å². The average Bonchev–Trinajstić information content (AvgIpc) is 2.90. The lowest BCUT2D eigenvalue weighted by Gasteiger charge is -2.12. The Morgan fingerprint density at radius 2 is 2.06 bits per heavy atom. The van der Waals surface area contributed by atoms with Crippen molar-refractivity contribution in [1.29, 1.82) is 0 Å². The van der Waals surface area contributed by atoms with Gasteiger partial charge >= 0.3 is 0 Å². The molecule has 0 saturated carbocycles. The van der Waals surface area contributed by atoms with E-state index in [0.29, 0.717) is 0 Å². The molecule has 0 unspecified atom stereocenters. The highest BCUT2D eigenvalue weighted by atomic mass is 16.3. The van der Waals surface area contributed by atoms with Crippen molar-refractivity contribution < 1.29 is 8.83 Å². The van der Waals surface area contributed by atoms with Crippen LogP contribution in [0.1, 0.15) is 22.8 Å². The van der Waals surface area contributed by atoms with Gasteiger partial charge in [0.25, 0.3) is 0 Å². The second kappa shape index (κ2) is 5.89. The molecule has 0 bridgehead atoms. The Bertz CT molecular complexity index is 474. The van der Waals surface area contributed by atoms with E-state index in [2.05, 4.69) is 23.3 Å². The number of aryl methyl sites for hydroxylation is 1. The molecule has 0 aliphatic rings. The minimum atomic E-state index is 0.783. The summed E-state index contributed by atoms with van der Waals surface area (Å²) >= 11 is 0. The molecule has 0 atom stereocenters. The maximum Gasteiger partial charge on any atom is 0.118 e. The summed E-state index contributed by atoms with van der Waals surface area (Å²) in [5.74, 6) is 2.95. The zero-order chi connectivity index (χ0) is 13.0. The molecular weight excluding hydrogens is 228 g/mol. The van der Waals surface area contributed by atoms with Crippen molar-refractivity contribution in [3.63, 3.8) is 0 Å². The number of hydrogen-bond acceptors (Lipinski definition) is 4. The number of rotatable bonds is 6. The Kier molecular flexibility index (Phi) is 4.23. The summed E-state index contributed by atoms with van der Waals surface area (Å²) in [5.41, 5.74) is 1.22. The second-order valence-electron chi connectivity index (χ2n) is 4.58. The first kappa shape index (κ1) is 12.9. The van der Waals surface area contributed by atoms with Gasteiger partial charge in [-0.2, -0.15) is 0 Å². The minimum Gasteiger partial charge on any atom is -0.468 e. The van der Waals surface area contributed by atoms with Crippen LogP contribution in [0.3, 0.4) is 0 Å². The molecule has 0 amide bonds. The molecule has 4 heteroatoms. The maximum absolute atomic E-state index is 5.74. The van der Waals surface area contributed by atoms with Crippen molar-refractivity contribution in [2.45, 2.75) is 26.6 Å². The molecule has 0 radical (unpaired) electrons. The van der Waals surface area contributed by atoms with Crippen molar-refractivity contribution in [2.24, 2.45) is 0 Å². The van der Waals surface area contributed by atoms with Crippen molar-refractivity contribution in [1.82, 2.24) is 10.2 Å². The monoisotopic (exact) mass is 248 g/mol. The number of hydrogen-bond donors (Lipinski definition) is 1. The number of nitrogens with one attached hydrogen (secondary N) is 1. The Labute approximate surface area is 108 Å². The van der Waals surface area contributed by atoms with Gasteiger partial charge in [-0.05, 0) is 39.2 Å². The normalized spacial score (nSPS) is 11.3. The summed E-state index contributed by atoms with van der Waals surface area (Å²) < 4.78 is 11.1. The minimum absolute atomic E-state index is 0.783. The van der Waals surface area contributed by atoms with Crippen molar-refractivity contribution in [2.75, 3.05) is 14.1 Å². The van der Waals surface area contributed by atoms with Crippen molar-refractivity contribution in [3.8, 4) is 0 Å². The fraction of sp³-hybridized carbons (Fsp3) is 0.429. The van der Waals surface area contributed by atoms with E-state index in [-0.39, 0.29) is 0 Å². The van der Waals surface area contributed by atoms with Gasteiger partial charge in [-0.1, -0.05) is 0 Å². The Morgan fingerprint density at radius 1 is 1.28 bits per heavy atom. The molecule has 0 aliphatic carbocycles. The summed E-state index contributed by atoms with van der Waals surface area (Å²) in [4.78, 5) is 2.17. The summed E-state index contributed by atoms with van der Waals surface area (Å²) in [7, 11) is 3.99. The molecule has 0 aromatic carbocycles. The molecule has 0 aliphatic heterocycles. The third kappa shape index (κ3) is 3.24. The highest BCUT2D eigenvalue weighted by molar-refractivity contribution is 5.20. The number of furan rings is 2. The van der Waals surface area contributed by atoms with Crippen LogP contribution in [-0.2, 0) is 19.6 Å². The molecule has 98 valence electrons. The van der Waals surface area contributed by atoms with E-state index in [1.165, 1.54) is 5.56 Å². The first-order valence-corrected chi connectivity index (χ1v) is 6.12. The molecular formula is C14H20N2O2. The molecule has 0 spiro atoms. The van der Waals surface area contributed by atoms with Crippen molar-refractivity contribution in [3.05, 3.63) is 47.3 Å². The van der Waals surface area contributed by atoms with Crippen LogP contribution in [0.4, 0.5) is 0 Å². The van der Waals surface area contributed by atoms with Crippen LogP contribution in [0, 0.1) is 6.92 Å². The van der Waals surface area contributed by atoms with Gasteiger partial charge < -0.3 is 14.2 Å². The lowest BCUT2D eigenvalue weighted by molar-refractivity contribution is 0.263. The first-order chi connectivity index (χ1) is 8.69. The predicted octanol–water partition coefficient (Wildman–Crippen LogP) is 2.53. The zero-order valence-corrected chi connectivity index (χ0v) is 11.2. The van der Waals surface area contributed by atoms with Gasteiger partial charge in [0.2, 0.25) is 0 Å². The Morgan fingerprint density at radius 3 is 2.72 bits per heavy atom. The van der Waals surface area contributed by atoms with E-state index in [1.807, 2.05) is 26.1 Å².